The van der Waals surface area contributed by atoms with Crippen molar-refractivity contribution in [2.24, 2.45) is 5.73 Å². The smallest absolute Gasteiger partial charge is 0.271 e. The molecule has 0 unspecified atom stereocenters. The summed E-state index contributed by atoms with van der Waals surface area (Å²) in [7, 11) is 0. The molecule has 0 aliphatic rings. The van der Waals surface area contributed by atoms with Crippen LogP contribution in [-0.4, -0.2) is 14.7 Å². The van der Waals surface area contributed by atoms with Crippen molar-refractivity contribution in [1.82, 2.24) is 9.78 Å². The number of nitro groups is 1. The van der Waals surface area contributed by atoms with E-state index < -0.39 is 4.92 Å². The fourth-order valence-corrected chi connectivity index (χ4v) is 1.36. The quantitative estimate of drug-likeness (QED) is 0.620. The molecule has 6 heteroatoms. The maximum Gasteiger partial charge on any atom is 0.271 e. The molecule has 0 spiro atoms. The maximum absolute atomic E-state index is 10.6. The highest BCUT2D eigenvalue weighted by molar-refractivity contribution is 5.42. The van der Waals surface area contributed by atoms with Crippen molar-refractivity contribution < 1.29 is 4.92 Å². The molecule has 1 heterocycles. The largest absolute Gasteiger partial charge is 0.325 e. The van der Waals surface area contributed by atoms with E-state index in [-0.39, 0.29) is 5.69 Å². The van der Waals surface area contributed by atoms with Crippen LogP contribution in [0.25, 0.3) is 5.69 Å². The molecule has 1 aromatic carbocycles. The Kier molecular flexibility index (Phi) is 2.65. The average molecular weight is 218 g/mol. The third-order valence-corrected chi connectivity index (χ3v) is 2.16. The first-order chi connectivity index (χ1) is 7.70. The molecule has 16 heavy (non-hydrogen) atoms. The summed E-state index contributed by atoms with van der Waals surface area (Å²) >= 11 is 0. The van der Waals surface area contributed by atoms with E-state index in [0.29, 0.717) is 12.2 Å². The standard InChI is InChI=1S/C10H10N4O2/c11-7-8-4-5-13(12-8)9-2-1-3-10(6-9)14(15)16/h1-6H,7,11H2. The Labute approximate surface area is 91.5 Å². The summed E-state index contributed by atoms with van der Waals surface area (Å²) in [5.74, 6) is 0. The van der Waals surface area contributed by atoms with Gasteiger partial charge in [0.15, 0.2) is 0 Å². The Bertz CT molecular complexity index is 521. The van der Waals surface area contributed by atoms with Crippen LogP contribution in [0.1, 0.15) is 5.69 Å². The second kappa shape index (κ2) is 4.11. The number of nitrogens with zero attached hydrogens (tertiary/aromatic N) is 3. The molecule has 2 rings (SSSR count). The van der Waals surface area contributed by atoms with Crippen molar-refractivity contribution in [2.75, 3.05) is 0 Å². The fourth-order valence-electron chi connectivity index (χ4n) is 1.36. The summed E-state index contributed by atoms with van der Waals surface area (Å²) in [6.07, 6.45) is 1.72. The van der Waals surface area contributed by atoms with Crippen LogP contribution in [-0.2, 0) is 6.54 Å². The molecule has 0 saturated heterocycles. The predicted octanol–water partition coefficient (Wildman–Crippen LogP) is 1.24. The Hall–Kier alpha value is -2.21. The van der Waals surface area contributed by atoms with Gasteiger partial charge in [-0.2, -0.15) is 5.10 Å². The van der Waals surface area contributed by atoms with E-state index in [0.717, 1.165) is 5.69 Å². The molecule has 1 aromatic heterocycles. The maximum atomic E-state index is 10.6. The first-order valence-electron chi connectivity index (χ1n) is 4.70. The van der Waals surface area contributed by atoms with E-state index in [4.69, 9.17) is 5.73 Å². The molecular formula is C10H10N4O2. The van der Waals surface area contributed by atoms with Gasteiger partial charge in [-0.3, -0.25) is 10.1 Å². The van der Waals surface area contributed by atoms with Gasteiger partial charge >= 0.3 is 0 Å². The fraction of sp³-hybridized carbons (Fsp3) is 0.100. The second-order valence-corrected chi connectivity index (χ2v) is 3.23. The van der Waals surface area contributed by atoms with E-state index in [9.17, 15) is 10.1 Å². The van der Waals surface area contributed by atoms with Crippen molar-refractivity contribution >= 4 is 5.69 Å². The first kappa shape index (κ1) is 10.3. The Morgan fingerprint density at radius 1 is 1.44 bits per heavy atom. The van der Waals surface area contributed by atoms with Crippen molar-refractivity contribution in [3.05, 3.63) is 52.3 Å². The highest BCUT2D eigenvalue weighted by atomic mass is 16.6. The third kappa shape index (κ3) is 1.91. The van der Waals surface area contributed by atoms with Gasteiger partial charge in [0.25, 0.3) is 5.69 Å². The molecule has 0 amide bonds. The molecule has 0 aliphatic carbocycles. The van der Waals surface area contributed by atoms with Crippen LogP contribution in [0.2, 0.25) is 0 Å². The highest BCUT2D eigenvalue weighted by Gasteiger charge is 2.07. The zero-order chi connectivity index (χ0) is 11.5. The predicted molar refractivity (Wildman–Crippen MR) is 58.1 cm³/mol. The van der Waals surface area contributed by atoms with Gasteiger partial charge in [-0.05, 0) is 12.1 Å². The van der Waals surface area contributed by atoms with E-state index in [1.165, 1.54) is 12.1 Å². The number of benzene rings is 1. The molecule has 0 saturated carbocycles. The molecule has 0 bridgehead atoms. The molecule has 0 radical (unpaired) electrons. The zero-order valence-corrected chi connectivity index (χ0v) is 8.41. The summed E-state index contributed by atoms with van der Waals surface area (Å²) in [4.78, 5) is 10.2. The van der Waals surface area contributed by atoms with E-state index in [1.54, 1.807) is 29.1 Å². The van der Waals surface area contributed by atoms with E-state index >= 15 is 0 Å². The van der Waals surface area contributed by atoms with E-state index in [1.807, 2.05) is 0 Å². The normalized spacial score (nSPS) is 10.3. The van der Waals surface area contributed by atoms with Crippen LogP contribution < -0.4 is 5.73 Å². The van der Waals surface area contributed by atoms with Gasteiger partial charge in [0.1, 0.15) is 0 Å². The minimum Gasteiger partial charge on any atom is -0.325 e. The first-order valence-corrected chi connectivity index (χ1v) is 4.70. The molecule has 2 aromatic rings. The molecule has 0 atom stereocenters. The van der Waals surface area contributed by atoms with Gasteiger partial charge in [0, 0.05) is 24.9 Å². The molecule has 6 nitrogen and oxygen atoms in total. The Morgan fingerprint density at radius 3 is 2.88 bits per heavy atom. The Balaban J connectivity index is 2.40. The van der Waals surface area contributed by atoms with Gasteiger partial charge in [-0.25, -0.2) is 4.68 Å². The van der Waals surface area contributed by atoms with Crippen LogP contribution in [0.3, 0.4) is 0 Å². The van der Waals surface area contributed by atoms with Gasteiger partial charge in [0.05, 0.1) is 16.3 Å². The average Bonchev–Trinajstić information content (AvgIpc) is 2.77. The molecule has 2 N–H and O–H groups in total. The van der Waals surface area contributed by atoms with Crippen LogP contribution in [0, 0.1) is 10.1 Å². The monoisotopic (exact) mass is 218 g/mol. The number of hydrogen-bond donors (Lipinski definition) is 1. The summed E-state index contributed by atoms with van der Waals surface area (Å²) in [6, 6.07) is 8.06. The lowest BCUT2D eigenvalue weighted by molar-refractivity contribution is -0.384. The van der Waals surface area contributed by atoms with Crippen molar-refractivity contribution in [1.29, 1.82) is 0 Å². The van der Waals surface area contributed by atoms with Crippen molar-refractivity contribution in [2.45, 2.75) is 6.54 Å². The summed E-state index contributed by atoms with van der Waals surface area (Å²) in [5.41, 5.74) is 6.87. The number of nitro benzene ring substituents is 1. The molecular weight excluding hydrogens is 208 g/mol. The number of non-ortho nitro benzene ring substituents is 1. The highest BCUT2D eigenvalue weighted by Crippen LogP contribution is 2.16. The number of hydrogen-bond acceptors (Lipinski definition) is 4. The second-order valence-electron chi connectivity index (χ2n) is 3.23. The van der Waals surface area contributed by atoms with Gasteiger partial charge in [0.2, 0.25) is 0 Å². The molecule has 0 aliphatic heterocycles. The SMILES string of the molecule is NCc1ccn(-c2cccc([N+](=O)[O-])c2)n1. The van der Waals surface area contributed by atoms with Gasteiger partial charge in [-0.15, -0.1) is 0 Å². The number of rotatable bonds is 3. The van der Waals surface area contributed by atoms with Gasteiger partial charge in [-0.1, -0.05) is 6.07 Å². The van der Waals surface area contributed by atoms with Crippen molar-refractivity contribution in [3.63, 3.8) is 0 Å². The lowest BCUT2D eigenvalue weighted by Gasteiger charge is -2.00. The van der Waals surface area contributed by atoms with Crippen molar-refractivity contribution in [3.8, 4) is 5.69 Å². The lowest BCUT2D eigenvalue weighted by Crippen LogP contribution is -2.00. The minimum atomic E-state index is -0.434. The third-order valence-electron chi connectivity index (χ3n) is 2.16. The van der Waals surface area contributed by atoms with Gasteiger partial charge < -0.3 is 5.73 Å². The molecule has 0 fully saturated rings. The topological polar surface area (TPSA) is 87.0 Å². The zero-order valence-electron chi connectivity index (χ0n) is 8.41. The summed E-state index contributed by atoms with van der Waals surface area (Å²) in [5, 5.41) is 14.8. The Morgan fingerprint density at radius 2 is 2.25 bits per heavy atom. The summed E-state index contributed by atoms with van der Waals surface area (Å²) < 4.78 is 1.56. The lowest BCUT2D eigenvalue weighted by atomic mass is 10.3. The number of nitrogens with two attached hydrogens (primary N) is 1. The molecule has 82 valence electrons. The van der Waals surface area contributed by atoms with Crippen LogP contribution in [0.5, 0.6) is 0 Å². The van der Waals surface area contributed by atoms with Crippen LogP contribution in [0.15, 0.2) is 36.5 Å². The van der Waals surface area contributed by atoms with Crippen LogP contribution >= 0.6 is 0 Å². The number of aromatic nitrogens is 2. The minimum absolute atomic E-state index is 0.0438. The van der Waals surface area contributed by atoms with E-state index in [2.05, 4.69) is 5.10 Å². The van der Waals surface area contributed by atoms with Crippen LogP contribution in [0.4, 0.5) is 5.69 Å². The summed E-state index contributed by atoms with van der Waals surface area (Å²) in [6.45, 7) is 0.349.